The Balaban J connectivity index is 2.54. The van der Waals surface area contributed by atoms with Crippen LogP contribution in [0, 0.1) is 5.92 Å². The highest BCUT2D eigenvalue weighted by Gasteiger charge is 2.51. The fourth-order valence-electron chi connectivity index (χ4n) is 2.04. The molecule has 1 fully saturated rings. The summed E-state index contributed by atoms with van der Waals surface area (Å²) in [6.07, 6.45) is 0. The number of carbonyl (C=O) groups excluding carboxylic acids is 1. The van der Waals surface area contributed by atoms with Gasteiger partial charge in [-0.15, -0.1) is 0 Å². The Labute approximate surface area is 94.2 Å². The second kappa shape index (κ2) is 3.79. The molecule has 0 radical (unpaired) electrons. The van der Waals surface area contributed by atoms with E-state index in [9.17, 15) is 9.90 Å². The van der Waals surface area contributed by atoms with Crippen LogP contribution in [0.1, 0.15) is 12.5 Å². The summed E-state index contributed by atoms with van der Waals surface area (Å²) in [6.45, 7) is 2.06. The van der Waals surface area contributed by atoms with Gasteiger partial charge < -0.3 is 15.2 Å². The second-order valence-corrected chi connectivity index (χ2v) is 4.06. The minimum Gasteiger partial charge on any atom is -0.463 e. The highest BCUT2D eigenvalue weighted by Crippen LogP contribution is 2.39. The molecule has 0 saturated carbocycles. The Bertz CT molecular complexity index is 418. The van der Waals surface area contributed by atoms with Crippen LogP contribution < -0.4 is 5.32 Å². The predicted octanol–water partition coefficient (Wildman–Crippen LogP) is 1.11. The van der Waals surface area contributed by atoms with Crippen molar-refractivity contribution >= 4 is 11.7 Å². The van der Waals surface area contributed by atoms with Crippen LogP contribution in [0.25, 0.3) is 0 Å². The summed E-state index contributed by atoms with van der Waals surface area (Å²) in [4.78, 5) is 11.7. The standard InChI is InChI=1S/C12H15NO3/c1-8-7-16-11(14)12(8,15)9-5-3-4-6-10(9)13-2/h3-6,8,13,15H,7H2,1-2H3/t8-,12+/m1/s1. The Kier molecular flexibility index (Phi) is 2.59. The van der Waals surface area contributed by atoms with E-state index in [1.807, 2.05) is 12.1 Å². The number of aliphatic hydroxyl groups is 1. The molecule has 0 unspecified atom stereocenters. The van der Waals surface area contributed by atoms with Gasteiger partial charge in [0.25, 0.3) is 0 Å². The molecule has 0 aliphatic carbocycles. The van der Waals surface area contributed by atoms with Gasteiger partial charge in [0, 0.05) is 24.2 Å². The maximum absolute atomic E-state index is 11.7. The number of nitrogens with one attached hydrogen (secondary N) is 1. The van der Waals surface area contributed by atoms with E-state index in [0.717, 1.165) is 5.69 Å². The SMILES string of the molecule is CNc1ccccc1[C@]1(O)C(=O)OC[C@H]1C. The number of esters is 1. The number of para-hydroxylation sites is 1. The summed E-state index contributed by atoms with van der Waals surface area (Å²) in [5, 5.41) is 13.5. The number of ether oxygens (including phenoxy) is 1. The van der Waals surface area contributed by atoms with Crippen LogP contribution in [0.4, 0.5) is 5.69 Å². The van der Waals surface area contributed by atoms with Crippen molar-refractivity contribution in [2.24, 2.45) is 5.92 Å². The maximum Gasteiger partial charge on any atom is 0.343 e. The van der Waals surface area contributed by atoms with Crippen LogP contribution in [0.3, 0.4) is 0 Å². The third-order valence-electron chi connectivity index (χ3n) is 3.10. The minimum atomic E-state index is -1.53. The van der Waals surface area contributed by atoms with E-state index in [1.165, 1.54) is 0 Å². The first-order valence-corrected chi connectivity index (χ1v) is 5.27. The largest absolute Gasteiger partial charge is 0.463 e. The zero-order chi connectivity index (χ0) is 11.8. The first-order chi connectivity index (χ1) is 7.60. The summed E-state index contributed by atoms with van der Waals surface area (Å²) < 4.78 is 4.92. The summed E-state index contributed by atoms with van der Waals surface area (Å²) in [6, 6.07) is 7.22. The molecule has 1 heterocycles. The lowest BCUT2D eigenvalue weighted by molar-refractivity contribution is -0.155. The summed E-state index contributed by atoms with van der Waals surface area (Å²) in [5.74, 6) is -0.808. The summed E-state index contributed by atoms with van der Waals surface area (Å²) >= 11 is 0. The first-order valence-electron chi connectivity index (χ1n) is 5.27. The normalized spacial score (nSPS) is 28.9. The molecule has 1 aromatic carbocycles. The van der Waals surface area contributed by atoms with Gasteiger partial charge in [-0.3, -0.25) is 0 Å². The molecule has 86 valence electrons. The molecule has 1 aliphatic rings. The van der Waals surface area contributed by atoms with E-state index in [-0.39, 0.29) is 12.5 Å². The monoisotopic (exact) mass is 221 g/mol. The van der Waals surface area contributed by atoms with E-state index >= 15 is 0 Å². The summed E-state index contributed by atoms with van der Waals surface area (Å²) in [5.41, 5.74) is -0.206. The number of hydrogen-bond acceptors (Lipinski definition) is 4. The summed E-state index contributed by atoms with van der Waals surface area (Å²) in [7, 11) is 1.76. The molecule has 4 heteroatoms. The maximum atomic E-state index is 11.7. The van der Waals surface area contributed by atoms with Gasteiger partial charge in [-0.05, 0) is 6.07 Å². The van der Waals surface area contributed by atoms with Crippen LogP contribution in [-0.4, -0.2) is 24.7 Å². The van der Waals surface area contributed by atoms with Crippen molar-refractivity contribution < 1.29 is 14.6 Å². The van der Waals surface area contributed by atoms with Gasteiger partial charge in [0.1, 0.15) is 0 Å². The topological polar surface area (TPSA) is 58.6 Å². The van der Waals surface area contributed by atoms with Crippen molar-refractivity contribution in [1.29, 1.82) is 0 Å². The number of cyclic esters (lactones) is 1. The van der Waals surface area contributed by atoms with Crippen LogP contribution >= 0.6 is 0 Å². The van der Waals surface area contributed by atoms with Gasteiger partial charge in [-0.25, -0.2) is 4.79 Å². The Morgan fingerprint density at radius 3 is 2.75 bits per heavy atom. The molecule has 0 amide bonds. The molecule has 0 bridgehead atoms. The predicted molar refractivity (Wildman–Crippen MR) is 60.0 cm³/mol. The van der Waals surface area contributed by atoms with Crippen molar-refractivity contribution in [3.05, 3.63) is 29.8 Å². The lowest BCUT2D eigenvalue weighted by Gasteiger charge is -2.25. The smallest absolute Gasteiger partial charge is 0.343 e. The van der Waals surface area contributed by atoms with Gasteiger partial charge in [0.15, 0.2) is 5.60 Å². The molecular weight excluding hydrogens is 206 g/mol. The first kappa shape index (κ1) is 11.0. The molecule has 4 nitrogen and oxygen atoms in total. The third-order valence-corrected chi connectivity index (χ3v) is 3.10. The molecule has 1 saturated heterocycles. The Hall–Kier alpha value is -1.55. The molecule has 1 aromatic rings. The van der Waals surface area contributed by atoms with Crippen LogP contribution in [0.5, 0.6) is 0 Å². The number of hydrogen-bond donors (Lipinski definition) is 2. The van der Waals surface area contributed by atoms with Gasteiger partial charge in [0.2, 0.25) is 0 Å². The zero-order valence-corrected chi connectivity index (χ0v) is 9.36. The fraction of sp³-hybridized carbons (Fsp3) is 0.417. The van der Waals surface area contributed by atoms with E-state index in [0.29, 0.717) is 5.56 Å². The molecule has 2 N–H and O–H groups in total. The molecule has 0 spiro atoms. The molecule has 16 heavy (non-hydrogen) atoms. The molecule has 0 aromatic heterocycles. The highest BCUT2D eigenvalue weighted by atomic mass is 16.6. The Morgan fingerprint density at radius 1 is 1.50 bits per heavy atom. The number of benzene rings is 1. The quantitative estimate of drug-likeness (QED) is 0.734. The van der Waals surface area contributed by atoms with Crippen LogP contribution in [0.2, 0.25) is 0 Å². The minimum absolute atomic E-state index is 0.241. The molecular formula is C12H15NO3. The second-order valence-electron chi connectivity index (χ2n) is 4.06. The van der Waals surface area contributed by atoms with Crippen molar-refractivity contribution in [3.63, 3.8) is 0 Å². The van der Waals surface area contributed by atoms with Crippen LogP contribution in [-0.2, 0) is 15.1 Å². The highest BCUT2D eigenvalue weighted by molar-refractivity contribution is 5.85. The fourth-order valence-corrected chi connectivity index (χ4v) is 2.04. The molecule has 2 rings (SSSR count). The van der Waals surface area contributed by atoms with Crippen molar-refractivity contribution in [1.82, 2.24) is 0 Å². The average Bonchev–Trinajstić information content (AvgIpc) is 2.58. The van der Waals surface area contributed by atoms with Crippen molar-refractivity contribution in [2.75, 3.05) is 19.0 Å². The molecule has 2 atom stereocenters. The zero-order valence-electron chi connectivity index (χ0n) is 9.36. The van der Waals surface area contributed by atoms with E-state index in [1.54, 1.807) is 26.1 Å². The van der Waals surface area contributed by atoms with E-state index in [2.05, 4.69) is 5.32 Å². The lowest BCUT2D eigenvalue weighted by atomic mass is 9.83. The third kappa shape index (κ3) is 1.38. The van der Waals surface area contributed by atoms with Gasteiger partial charge in [0.05, 0.1) is 6.61 Å². The Morgan fingerprint density at radius 2 is 2.19 bits per heavy atom. The number of rotatable bonds is 2. The number of carbonyl (C=O) groups is 1. The van der Waals surface area contributed by atoms with Crippen molar-refractivity contribution in [2.45, 2.75) is 12.5 Å². The van der Waals surface area contributed by atoms with Crippen LogP contribution in [0.15, 0.2) is 24.3 Å². The van der Waals surface area contributed by atoms with Gasteiger partial charge >= 0.3 is 5.97 Å². The van der Waals surface area contributed by atoms with E-state index < -0.39 is 11.6 Å². The number of anilines is 1. The van der Waals surface area contributed by atoms with Gasteiger partial charge in [-0.2, -0.15) is 0 Å². The van der Waals surface area contributed by atoms with E-state index in [4.69, 9.17) is 4.74 Å². The average molecular weight is 221 g/mol. The van der Waals surface area contributed by atoms with Gasteiger partial charge in [-0.1, -0.05) is 25.1 Å². The van der Waals surface area contributed by atoms with Crippen molar-refractivity contribution in [3.8, 4) is 0 Å². The molecule has 1 aliphatic heterocycles. The lowest BCUT2D eigenvalue weighted by Crippen LogP contribution is -2.37.